The van der Waals surface area contributed by atoms with Gasteiger partial charge in [0.2, 0.25) is 11.8 Å². The van der Waals surface area contributed by atoms with Crippen LogP contribution < -0.4 is 19.5 Å². The van der Waals surface area contributed by atoms with Crippen LogP contribution in [0.5, 0.6) is 17.2 Å². The molecular weight excluding hydrogens is 484 g/mol. The van der Waals surface area contributed by atoms with Gasteiger partial charge in [-0.3, -0.25) is 14.3 Å². The Kier molecular flexibility index (Phi) is 11.0. The van der Waals surface area contributed by atoms with E-state index < -0.39 is 0 Å². The summed E-state index contributed by atoms with van der Waals surface area (Å²) >= 11 is 0. The smallest absolute Gasteiger partial charge is 0.244 e. The van der Waals surface area contributed by atoms with Crippen molar-refractivity contribution in [2.45, 2.75) is 52.7 Å². The summed E-state index contributed by atoms with van der Waals surface area (Å²) in [6, 6.07) is 15.1. The third kappa shape index (κ3) is 8.83. The van der Waals surface area contributed by atoms with Gasteiger partial charge in [0.25, 0.3) is 0 Å². The first-order valence-corrected chi connectivity index (χ1v) is 13.1. The lowest BCUT2D eigenvalue weighted by atomic mass is 10.1. The lowest BCUT2D eigenvalue weighted by Gasteiger charge is -2.33. The SMILES string of the molecule is CC.COc1ccc(OCCC(=O)Nc2cnn(CC(=O)N3CCCC(Oc4ccc(C)cc4)C3)c2)cc1. The molecule has 0 aliphatic carbocycles. The molecule has 1 saturated heterocycles. The maximum absolute atomic E-state index is 12.9. The Morgan fingerprint density at radius 2 is 1.71 bits per heavy atom. The minimum absolute atomic E-state index is 0.0268. The van der Waals surface area contributed by atoms with E-state index in [1.54, 1.807) is 37.6 Å². The number of hydrogen-bond donors (Lipinski definition) is 1. The number of aryl methyl sites for hydroxylation is 1. The van der Waals surface area contributed by atoms with Crippen LogP contribution in [0.2, 0.25) is 0 Å². The van der Waals surface area contributed by atoms with E-state index in [1.807, 2.05) is 49.9 Å². The average Bonchev–Trinajstić information content (AvgIpc) is 3.38. The van der Waals surface area contributed by atoms with Gasteiger partial charge in [-0.05, 0) is 56.2 Å². The van der Waals surface area contributed by atoms with Gasteiger partial charge in [-0.25, -0.2) is 0 Å². The predicted molar refractivity (Wildman–Crippen MR) is 147 cm³/mol. The van der Waals surface area contributed by atoms with Crippen LogP contribution in [0.25, 0.3) is 0 Å². The zero-order chi connectivity index (χ0) is 27.3. The summed E-state index contributed by atoms with van der Waals surface area (Å²) in [5, 5.41) is 7.01. The molecule has 1 aliphatic heterocycles. The molecule has 204 valence electrons. The molecule has 3 aromatic rings. The number of ether oxygens (including phenoxy) is 3. The number of amides is 2. The van der Waals surface area contributed by atoms with Gasteiger partial charge in [-0.15, -0.1) is 0 Å². The molecule has 4 rings (SSSR count). The second-order valence-corrected chi connectivity index (χ2v) is 8.78. The lowest BCUT2D eigenvalue weighted by Crippen LogP contribution is -2.45. The number of carbonyl (C=O) groups excluding carboxylic acids is 2. The first kappa shape index (κ1) is 28.6. The molecule has 1 unspecified atom stereocenters. The van der Waals surface area contributed by atoms with E-state index in [-0.39, 0.29) is 37.5 Å². The van der Waals surface area contributed by atoms with Crippen molar-refractivity contribution < 1.29 is 23.8 Å². The van der Waals surface area contributed by atoms with Gasteiger partial charge in [0, 0.05) is 12.7 Å². The fraction of sp³-hybridized carbons (Fsp3) is 0.414. The molecule has 38 heavy (non-hydrogen) atoms. The van der Waals surface area contributed by atoms with Gasteiger partial charge in [-0.2, -0.15) is 5.10 Å². The quantitative estimate of drug-likeness (QED) is 0.415. The number of carbonyl (C=O) groups is 2. The highest BCUT2D eigenvalue weighted by molar-refractivity contribution is 5.90. The van der Waals surface area contributed by atoms with Gasteiger partial charge in [0.1, 0.15) is 29.9 Å². The third-order valence-corrected chi connectivity index (χ3v) is 5.93. The lowest BCUT2D eigenvalue weighted by molar-refractivity contribution is -0.134. The van der Waals surface area contributed by atoms with Crippen LogP contribution in [0.1, 0.15) is 38.7 Å². The molecule has 1 aliphatic rings. The Bertz CT molecular complexity index is 1140. The Labute approximate surface area is 224 Å². The predicted octanol–water partition coefficient (Wildman–Crippen LogP) is 4.70. The molecule has 0 spiro atoms. The van der Waals surface area contributed by atoms with Gasteiger partial charge in [0.15, 0.2) is 0 Å². The number of methoxy groups -OCH3 is 1. The Balaban J connectivity index is 0.00000195. The number of aromatic nitrogens is 2. The molecule has 1 aromatic heterocycles. The van der Waals surface area contributed by atoms with Crippen LogP contribution in [0.4, 0.5) is 5.69 Å². The zero-order valence-electron chi connectivity index (χ0n) is 22.7. The molecule has 0 bridgehead atoms. The number of rotatable bonds is 10. The van der Waals surface area contributed by atoms with Crippen LogP contribution in [0.15, 0.2) is 60.9 Å². The van der Waals surface area contributed by atoms with E-state index in [0.717, 1.165) is 24.3 Å². The minimum Gasteiger partial charge on any atom is -0.497 e. The molecular formula is C29H38N4O5. The topological polar surface area (TPSA) is 94.9 Å². The van der Waals surface area contributed by atoms with Crippen LogP contribution in [-0.2, 0) is 16.1 Å². The van der Waals surface area contributed by atoms with E-state index >= 15 is 0 Å². The highest BCUT2D eigenvalue weighted by Gasteiger charge is 2.25. The van der Waals surface area contributed by atoms with E-state index in [1.165, 1.54) is 16.4 Å². The van der Waals surface area contributed by atoms with Crippen LogP contribution in [0, 0.1) is 6.92 Å². The Hall–Kier alpha value is -4.01. The molecule has 2 heterocycles. The maximum Gasteiger partial charge on any atom is 0.244 e. The largest absolute Gasteiger partial charge is 0.497 e. The van der Waals surface area contributed by atoms with Crippen molar-refractivity contribution in [2.24, 2.45) is 0 Å². The second-order valence-electron chi connectivity index (χ2n) is 8.78. The summed E-state index contributed by atoms with van der Waals surface area (Å²) in [5.41, 5.74) is 1.72. The monoisotopic (exact) mass is 522 g/mol. The molecule has 9 heteroatoms. The molecule has 0 saturated carbocycles. The third-order valence-electron chi connectivity index (χ3n) is 5.93. The minimum atomic E-state index is -0.193. The summed E-state index contributed by atoms with van der Waals surface area (Å²) in [4.78, 5) is 26.9. The van der Waals surface area contributed by atoms with Crippen molar-refractivity contribution in [3.8, 4) is 17.2 Å². The molecule has 1 fully saturated rings. The Morgan fingerprint density at radius 3 is 2.42 bits per heavy atom. The molecule has 9 nitrogen and oxygen atoms in total. The first-order chi connectivity index (χ1) is 18.5. The van der Waals surface area contributed by atoms with Crippen LogP contribution in [-0.4, -0.2) is 59.4 Å². The number of likely N-dealkylation sites (tertiary alicyclic amines) is 1. The van der Waals surface area contributed by atoms with Crippen molar-refractivity contribution in [1.82, 2.24) is 14.7 Å². The van der Waals surface area contributed by atoms with E-state index in [4.69, 9.17) is 14.2 Å². The van der Waals surface area contributed by atoms with Crippen molar-refractivity contribution in [2.75, 3.05) is 32.1 Å². The number of nitrogens with zero attached hydrogens (tertiary/aromatic N) is 3. The summed E-state index contributed by atoms with van der Waals surface area (Å²) in [5.74, 6) is 2.01. The number of anilines is 1. The summed E-state index contributed by atoms with van der Waals surface area (Å²) < 4.78 is 18.3. The highest BCUT2D eigenvalue weighted by Crippen LogP contribution is 2.20. The van der Waals surface area contributed by atoms with Gasteiger partial charge in [0.05, 0.1) is 38.6 Å². The van der Waals surface area contributed by atoms with Crippen molar-refractivity contribution in [1.29, 1.82) is 0 Å². The van der Waals surface area contributed by atoms with Gasteiger partial charge < -0.3 is 24.4 Å². The molecule has 1 atom stereocenters. The van der Waals surface area contributed by atoms with Gasteiger partial charge >= 0.3 is 0 Å². The van der Waals surface area contributed by atoms with Crippen LogP contribution in [0.3, 0.4) is 0 Å². The fourth-order valence-corrected chi connectivity index (χ4v) is 3.98. The number of nitrogens with one attached hydrogen (secondary N) is 1. The van der Waals surface area contributed by atoms with E-state index in [9.17, 15) is 9.59 Å². The summed E-state index contributed by atoms with van der Waals surface area (Å²) in [6.45, 7) is 7.63. The highest BCUT2D eigenvalue weighted by atomic mass is 16.5. The van der Waals surface area contributed by atoms with Crippen LogP contribution >= 0.6 is 0 Å². The van der Waals surface area contributed by atoms with Crippen molar-refractivity contribution >= 4 is 17.5 Å². The molecule has 2 amide bonds. The fourth-order valence-electron chi connectivity index (χ4n) is 3.98. The number of piperidine rings is 1. The number of benzene rings is 2. The van der Waals surface area contributed by atoms with Gasteiger partial charge in [-0.1, -0.05) is 31.5 Å². The molecule has 2 aromatic carbocycles. The van der Waals surface area contributed by atoms with E-state index in [0.29, 0.717) is 24.5 Å². The van der Waals surface area contributed by atoms with E-state index in [2.05, 4.69) is 10.4 Å². The Morgan fingerprint density at radius 1 is 1.03 bits per heavy atom. The average molecular weight is 523 g/mol. The normalized spacial score (nSPS) is 14.6. The molecule has 1 N–H and O–H groups in total. The zero-order valence-corrected chi connectivity index (χ0v) is 22.7. The molecule has 0 radical (unpaired) electrons. The summed E-state index contributed by atoms with van der Waals surface area (Å²) in [7, 11) is 1.60. The summed E-state index contributed by atoms with van der Waals surface area (Å²) in [6.07, 6.45) is 5.16. The second kappa shape index (κ2) is 14.7. The number of hydrogen-bond acceptors (Lipinski definition) is 6. The maximum atomic E-state index is 12.9. The van der Waals surface area contributed by atoms with Crippen molar-refractivity contribution in [3.05, 3.63) is 66.5 Å². The first-order valence-electron chi connectivity index (χ1n) is 13.1. The standard InChI is InChI=1S/C27H32N4O5.C2H6/c1-20-5-7-24(8-6-20)36-25-4-3-14-30(18-25)27(33)19-31-17-21(16-28-31)29-26(32)13-15-35-23-11-9-22(34-2)10-12-23;1-2/h5-12,16-17,25H,3-4,13-15,18-19H2,1-2H3,(H,29,32);1-2H3. The van der Waals surface area contributed by atoms with Crippen molar-refractivity contribution in [3.63, 3.8) is 0 Å².